The summed E-state index contributed by atoms with van der Waals surface area (Å²) in [4.78, 5) is 5.04. The van der Waals surface area contributed by atoms with Gasteiger partial charge < -0.3 is 4.74 Å². The van der Waals surface area contributed by atoms with Gasteiger partial charge in [-0.3, -0.25) is 9.80 Å². The molecule has 0 saturated carbocycles. The maximum absolute atomic E-state index is 5.30. The van der Waals surface area contributed by atoms with Gasteiger partial charge in [0.05, 0.1) is 19.7 Å². The summed E-state index contributed by atoms with van der Waals surface area (Å²) in [6.07, 6.45) is 0. The Balaban J connectivity index is 0.00000304. The molecule has 2 heterocycles. The topological polar surface area (TPSA) is 59.3 Å². The summed E-state index contributed by atoms with van der Waals surface area (Å²) in [6, 6.07) is 27.6. The Morgan fingerprint density at radius 2 is 1.47 bits per heavy atom. The van der Waals surface area contributed by atoms with Crippen molar-refractivity contribution in [1.82, 2.24) is 30.0 Å². The van der Waals surface area contributed by atoms with Crippen molar-refractivity contribution in [2.75, 3.05) is 33.3 Å². The highest BCUT2D eigenvalue weighted by atomic mass is 35.5. The van der Waals surface area contributed by atoms with Crippen LogP contribution in [0.4, 0.5) is 0 Å². The molecular weight excluding hydrogens is 472 g/mol. The van der Waals surface area contributed by atoms with Gasteiger partial charge in [-0.05, 0) is 46.2 Å². The average molecular weight is 505 g/mol. The first-order valence-corrected chi connectivity index (χ1v) is 12.2. The fourth-order valence-electron chi connectivity index (χ4n) is 4.72. The highest BCUT2D eigenvalue weighted by Crippen LogP contribution is 2.29. The molecule has 0 amide bonds. The number of piperazine rings is 1. The van der Waals surface area contributed by atoms with Crippen molar-refractivity contribution in [3.05, 3.63) is 107 Å². The fraction of sp³-hybridized carbons (Fsp3) is 0.321. The lowest BCUT2D eigenvalue weighted by Gasteiger charge is -2.39. The summed E-state index contributed by atoms with van der Waals surface area (Å²) in [6.45, 7) is 7.66. The van der Waals surface area contributed by atoms with Crippen molar-refractivity contribution >= 4 is 12.4 Å². The van der Waals surface area contributed by atoms with Crippen LogP contribution >= 0.6 is 12.4 Å². The Morgan fingerprint density at radius 3 is 2.14 bits per heavy atom. The minimum atomic E-state index is 0. The van der Waals surface area contributed by atoms with Crippen LogP contribution in [0.3, 0.4) is 0 Å². The van der Waals surface area contributed by atoms with Crippen molar-refractivity contribution in [3.63, 3.8) is 0 Å². The number of tetrazole rings is 1. The number of hydrogen-bond donors (Lipinski definition) is 0. The van der Waals surface area contributed by atoms with E-state index in [4.69, 9.17) is 4.74 Å². The summed E-state index contributed by atoms with van der Waals surface area (Å²) < 4.78 is 7.23. The van der Waals surface area contributed by atoms with Gasteiger partial charge in [-0.15, -0.1) is 17.5 Å². The van der Waals surface area contributed by atoms with Crippen LogP contribution in [0.15, 0.2) is 78.9 Å². The molecule has 8 heteroatoms. The molecular formula is C28H33ClN6O. The van der Waals surface area contributed by atoms with Crippen LogP contribution in [0.5, 0.6) is 5.75 Å². The molecule has 1 unspecified atom stereocenters. The van der Waals surface area contributed by atoms with Crippen LogP contribution in [-0.2, 0) is 13.1 Å². The number of aromatic nitrogens is 4. The maximum Gasteiger partial charge on any atom is 0.173 e. The Bertz CT molecular complexity index is 1210. The third-order valence-electron chi connectivity index (χ3n) is 6.71. The van der Waals surface area contributed by atoms with Crippen molar-refractivity contribution < 1.29 is 4.74 Å². The molecule has 4 aromatic rings. The third-order valence-corrected chi connectivity index (χ3v) is 6.71. The Labute approximate surface area is 219 Å². The average Bonchev–Trinajstić information content (AvgIpc) is 3.35. The van der Waals surface area contributed by atoms with E-state index in [1.165, 1.54) is 16.7 Å². The first kappa shape index (κ1) is 25.8. The molecule has 1 atom stereocenters. The summed E-state index contributed by atoms with van der Waals surface area (Å²) in [5.74, 6) is 1.72. The van der Waals surface area contributed by atoms with Crippen molar-refractivity contribution in [3.8, 4) is 5.75 Å². The summed E-state index contributed by atoms with van der Waals surface area (Å²) in [5.41, 5.74) is 4.96. The second kappa shape index (κ2) is 12.1. The Hall–Kier alpha value is -3.26. The Kier molecular flexibility index (Phi) is 8.70. The maximum atomic E-state index is 5.30. The number of aryl methyl sites for hydroxylation is 1. The standard InChI is InChI=1S/C28H32N6O.ClH/c1-22-8-12-25(13-9-22)27(33-18-16-32(17-19-33)20-23-6-4-3-5-7-23)28-29-30-31-34(28)21-24-10-14-26(35-2)15-11-24;/h3-15,27H,16-21H2,1-2H3;1H. The van der Waals surface area contributed by atoms with Gasteiger partial charge in [-0.2, -0.15) is 0 Å². The summed E-state index contributed by atoms with van der Waals surface area (Å²) in [5, 5.41) is 13.0. The van der Waals surface area contributed by atoms with Gasteiger partial charge in [0.15, 0.2) is 5.82 Å². The molecule has 0 bridgehead atoms. The monoisotopic (exact) mass is 504 g/mol. The zero-order chi connectivity index (χ0) is 24.0. The van der Waals surface area contributed by atoms with Gasteiger partial charge in [0.2, 0.25) is 0 Å². The van der Waals surface area contributed by atoms with Crippen LogP contribution in [0.1, 0.15) is 34.1 Å². The molecule has 1 aromatic heterocycles. The number of nitrogens with zero attached hydrogens (tertiary/aromatic N) is 6. The number of benzene rings is 3. The lowest BCUT2D eigenvalue weighted by molar-refractivity contribution is 0.100. The van der Waals surface area contributed by atoms with Crippen molar-refractivity contribution in [2.24, 2.45) is 0 Å². The minimum Gasteiger partial charge on any atom is -0.497 e. The van der Waals surface area contributed by atoms with E-state index >= 15 is 0 Å². The lowest BCUT2D eigenvalue weighted by atomic mass is 10.0. The van der Waals surface area contributed by atoms with Gasteiger partial charge in [-0.1, -0.05) is 72.3 Å². The Morgan fingerprint density at radius 1 is 0.806 bits per heavy atom. The normalized spacial score (nSPS) is 15.3. The zero-order valence-electron chi connectivity index (χ0n) is 20.8. The molecule has 1 aliphatic rings. The van der Waals surface area contributed by atoms with E-state index in [0.717, 1.165) is 49.9 Å². The van der Waals surface area contributed by atoms with E-state index in [2.05, 4.69) is 99.0 Å². The van der Waals surface area contributed by atoms with E-state index in [9.17, 15) is 0 Å². The van der Waals surface area contributed by atoms with Gasteiger partial charge in [0, 0.05) is 32.7 Å². The molecule has 3 aromatic carbocycles. The quantitative estimate of drug-likeness (QED) is 0.355. The second-order valence-electron chi connectivity index (χ2n) is 9.15. The third kappa shape index (κ3) is 6.10. The number of halogens is 1. The first-order chi connectivity index (χ1) is 17.2. The van der Waals surface area contributed by atoms with Crippen molar-refractivity contribution in [2.45, 2.75) is 26.1 Å². The highest BCUT2D eigenvalue weighted by Gasteiger charge is 2.30. The van der Waals surface area contributed by atoms with Gasteiger partial charge in [0.1, 0.15) is 5.75 Å². The van der Waals surface area contributed by atoms with Gasteiger partial charge >= 0.3 is 0 Å². The van der Waals surface area contributed by atoms with Crippen LogP contribution in [0, 0.1) is 6.92 Å². The van der Waals surface area contributed by atoms with E-state index < -0.39 is 0 Å². The van der Waals surface area contributed by atoms with E-state index in [-0.39, 0.29) is 18.4 Å². The molecule has 1 saturated heterocycles. The molecule has 36 heavy (non-hydrogen) atoms. The van der Waals surface area contributed by atoms with Crippen LogP contribution in [-0.4, -0.2) is 63.3 Å². The molecule has 7 nitrogen and oxygen atoms in total. The molecule has 5 rings (SSSR count). The van der Waals surface area contributed by atoms with Crippen LogP contribution in [0.2, 0.25) is 0 Å². The molecule has 0 spiro atoms. The SMILES string of the molecule is COc1ccc(Cn2nnnc2C(c2ccc(C)cc2)N2CCN(Cc3ccccc3)CC2)cc1.Cl. The van der Waals surface area contributed by atoms with E-state index in [0.29, 0.717) is 6.54 Å². The lowest BCUT2D eigenvalue weighted by Crippen LogP contribution is -2.48. The number of hydrogen-bond acceptors (Lipinski definition) is 6. The predicted octanol–water partition coefficient (Wildman–Crippen LogP) is 4.37. The van der Waals surface area contributed by atoms with Gasteiger partial charge in [0.25, 0.3) is 0 Å². The number of rotatable bonds is 8. The first-order valence-electron chi connectivity index (χ1n) is 12.2. The van der Waals surface area contributed by atoms with Gasteiger partial charge in [-0.25, -0.2) is 4.68 Å². The molecule has 0 radical (unpaired) electrons. The fourth-order valence-corrected chi connectivity index (χ4v) is 4.72. The smallest absolute Gasteiger partial charge is 0.173 e. The molecule has 1 aliphatic heterocycles. The zero-order valence-corrected chi connectivity index (χ0v) is 21.6. The van der Waals surface area contributed by atoms with Crippen LogP contribution < -0.4 is 4.74 Å². The number of ether oxygens (including phenoxy) is 1. The molecule has 1 fully saturated rings. The van der Waals surface area contributed by atoms with E-state index in [1.807, 2.05) is 16.8 Å². The molecule has 0 N–H and O–H groups in total. The van der Waals surface area contributed by atoms with E-state index in [1.54, 1.807) is 7.11 Å². The summed E-state index contributed by atoms with van der Waals surface area (Å²) >= 11 is 0. The predicted molar refractivity (Wildman–Crippen MR) is 143 cm³/mol. The number of methoxy groups -OCH3 is 1. The molecule has 0 aliphatic carbocycles. The largest absolute Gasteiger partial charge is 0.497 e. The molecule has 188 valence electrons. The van der Waals surface area contributed by atoms with Crippen LogP contribution in [0.25, 0.3) is 0 Å². The minimum absolute atomic E-state index is 0. The van der Waals surface area contributed by atoms with Crippen molar-refractivity contribution in [1.29, 1.82) is 0 Å². The second-order valence-corrected chi connectivity index (χ2v) is 9.15. The highest BCUT2D eigenvalue weighted by molar-refractivity contribution is 5.85. The summed E-state index contributed by atoms with van der Waals surface area (Å²) in [7, 11) is 1.68.